The van der Waals surface area contributed by atoms with Crippen LogP contribution in [0.15, 0.2) is 0 Å². The molecule has 0 aromatic heterocycles. The van der Waals surface area contributed by atoms with E-state index in [1.54, 1.807) is 0 Å². The predicted molar refractivity (Wildman–Crippen MR) is 81.6 cm³/mol. The number of carbonyl (C=O) groups excluding carboxylic acids is 1. The first-order chi connectivity index (χ1) is 9.75. The van der Waals surface area contributed by atoms with Crippen molar-refractivity contribution >= 4 is 5.91 Å². The van der Waals surface area contributed by atoms with Crippen LogP contribution < -0.4 is 0 Å². The van der Waals surface area contributed by atoms with Crippen molar-refractivity contribution in [2.75, 3.05) is 20.1 Å². The lowest BCUT2D eigenvalue weighted by Crippen LogP contribution is -2.47. The summed E-state index contributed by atoms with van der Waals surface area (Å²) in [5.41, 5.74) is 0. The normalized spacial score (nSPS) is 33.0. The van der Waals surface area contributed by atoms with Gasteiger partial charge in [0, 0.05) is 25.0 Å². The maximum atomic E-state index is 12.7. The Morgan fingerprint density at radius 3 is 2.30 bits per heavy atom. The molecule has 1 amide bonds. The first kappa shape index (κ1) is 14.4. The number of amides is 1. The van der Waals surface area contributed by atoms with Gasteiger partial charge in [-0.05, 0) is 58.0 Å². The second-order valence-electron chi connectivity index (χ2n) is 7.20. The van der Waals surface area contributed by atoms with Gasteiger partial charge in [-0.1, -0.05) is 19.3 Å². The summed E-state index contributed by atoms with van der Waals surface area (Å²) in [6.07, 6.45) is 12.5. The third kappa shape index (κ3) is 3.03. The molecule has 2 heterocycles. The van der Waals surface area contributed by atoms with Crippen LogP contribution in [0, 0.1) is 5.92 Å². The monoisotopic (exact) mass is 278 g/mol. The number of nitrogens with zero attached hydrogens (tertiary/aromatic N) is 2. The fourth-order valence-corrected chi connectivity index (χ4v) is 4.68. The zero-order chi connectivity index (χ0) is 13.9. The molecule has 0 aromatic carbocycles. The van der Waals surface area contributed by atoms with E-state index in [4.69, 9.17) is 0 Å². The predicted octanol–water partition coefficient (Wildman–Crippen LogP) is 3.04. The van der Waals surface area contributed by atoms with Gasteiger partial charge in [0.05, 0.1) is 0 Å². The Hall–Kier alpha value is -0.570. The number of likely N-dealkylation sites (N-methyl/N-ethyl adjacent to an activating group) is 1. The Morgan fingerprint density at radius 1 is 0.900 bits per heavy atom. The lowest BCUT2D eigenvalue weighted by molar-refractivity contribution is -0.134. The van der Waals surface area contributed by atoms with Crippen molar-refractivity contribution in [2.45, 2.75) is 76.3 Å². The largest absolute Gasteiger partial charge is 0.338 e. The standard InChI is InChI=1S/C17H30N2O/c1-18-11-5-9-15(18)16-10-6-12-19(16)17(20)13-14-7-3-2-4-8-14/h14-16H,2-13H2,1H3/t15-,16+/m0/s1. The van der Waals surface area contributed by atoms with Crippen molar-refractivity contribution in [2.24, 2.45) is 5.92 Å². The van der Waals surface area contributed by atoms with Crippen LogP contribution in [0.1, 0.15) is 64.2 Å². The van der Waals surface area contributed by atoms with Crippen molar-refractivity contribution in [1.29, 1.82) is 0 Å². The van der Waals surface area contributed by atoms with Gasteiger partial charge in [-0.3, -0.25) is 4.79 Å². The van der Waals surface area contributed by atoms with Crippen LogP contribution in [0.5, 0.6) is 0 Å². The summed E-state index contributed by atoms with van der Waals surface area (Å²) in [6.45, 7) is 2.23. The molecule has 1 saturated carbocycles. The van der Waals surface area contributed by atoms with Crippen LogP contribution in [0.4, 0.5) is 0 Å². The highest BCUT2D eigenvalue weighted by molar-refractivity contribution is 5.77. The van der Waals surface area contributed by atoms with Crippen LogP contribution >= 0.6 is 0 Å². The van der Waals surface area contributed by atoms with Crippen molar-refractivity contribution in [3.8, 4) is 0 Å². The molecule has 3 nitrogen and oxygen atoms in total. The van der Waals surface area contributed by atoms with E-state index in [1.807, 2.05) is 0 Å². The number of rotatable bonds is 3. The van der Waals surface area contributed by atoms with Gasteiger partial charge in [0.15, 0.2) is 0 Å². The summed E-state index contributed by atoms with van der Waals surface area (Å²) >= 11 is 0. The molecule has 114 valence electrons. The molecule has 0 spiro atoms. The molecular formula is C17H30N2O. The Morgan fingerprint density at radius 2 is 1.60 bits per heavy atom. The Kier molecular flexibility index (Phi) is 4.65. The second-order valence-corrected chi connectivity index (χ2v) is 7.20. The summed E-state index contributed by atoms with van der Waals surface area (Å²) in [4.78, 5) is 17.4. The van der Waals surface area contributed by atoms with Crippen LogP contribution in [-0.4, -0.2) is 47.9 Å². The van der Waals surface area contributed by atoms with Gasteiger partial charge in [-0.15, -0.1) is 0 Å². The number of hydrogen-bond acceptors (Lipinski definition) is 2. The van der Waals surface area contributed by atoms with E-state index in [1.165, 1.54) is 64.3 Å². The quantitative estimate of drug-likeness (QED) is 0.792. The minimum Gasteiger partial charge on any atom is -0.338 e. The van der Waals surface area contributed by atoms with E-state index in [2.05, 4.69) is 16.8 Å². The van der Waals surface area contributed by atoms with Gasteiger partial charge in [-0.2, -0.15) is 0 Å². The lowest BCUT2D eigenvalue weighted by atomic mass is 9.86. The topological polar surface area (TPSA) is 23.6 Å². The SMILES string of the molecule is CN1CCC[C@H]1[C@H]1CCCN1C(=O)CC1CCCCC1. The summed E-state index contributed by atoms with van der Waals surface area (Å²) in [7, 11) is 2.24. The van der Waals surface area contributed by atoms with Crippen LogP contribution in [0.2, 0.25) is 0 Å². The Labute approximate surface area is 123 Å². The molecule has 3 fully saturated rings. The molecule has 3 rings (SSSR count). The maximum Gasteiger partial charge on any atom is 0.223 e. The summed E-state index contributed by atoms with van der Waals surface area (Å²) in [5.74, 6) is 1.14. The van der Waals surface area contributed by atoms with Gasteiger partial charge in [0.25, 0.3) is 0 Å². The summed E-state index contributed by atoms with van der Waals surface area (Å²) in [6, 6.07) is 1.14. The molecule has 2 saturated heterocycles. The van der Waals surface area contributed by atoms with E-state index < -0.39 is 0 Å². The van der Waals surface area contributed by atoms with Gasteiger partial charge >= 0.3 is 0 Å². The van der Waals surface area contributed by atoms with Crippen molar-refractivity contribution in [1.82, 2.24) is 9.80 Å². The summed E-state index contributed by atoms with van der Waals surface area (Å²) in [5, 5.41) is 0. The smallest absolute Gasteiger partial charge is 0.223 e. The summed E-state index contributed by atoms with van der Waals surface area (Å²) < 4.78 is 0. The molecule has 0 radical (unpaired) electrons. The van der Waals surface area contributed by atoms with Gasteiger partial charge in [0.1, 0.15) is 0 Å². The zero-order valence-corrected chi connectivity index (χ0v) is 13.0. The highest BCUT2D eigenvalue weighted by Crippen LogP contribution is 2.32. The minimum absolute atomic E-state index is 0.458. The average Bonchev–Trinajstić information content (AvgIpc) is 3.07. The fourth-order valence-electron chi connectivity index (χ4n) is 4.68. The second kappa shape index (κ2) is 6.46. The molecule has 0 N–H and O–H groups in total. The third-order valence-electron chi connectivity index (χ3n) is 5.83. The van der Waals surface area contributed by atoms with E-state index >= 15 is 0 Å². The molecule has 20 heavy (non-hydrogen) atoms. The third-order valence-corrected chi connectivity index (χ3v) is 5.83. The molecule has 0 bridgehead atoms. The Balaban J connectivity index is 1.58. The van der Waals surface area contributed by atoms with E-state index in [9.17, 15) is 4.79 Å². The van der Waals surface area contributed by atoms with Gasteiger partial charge < -0.3 is 9.80 Å². The van der Waals surface area contributed by atoms with Crippen LogP contribution in [0.25, 0.3) is 0 Å². The number of carbonyl (C=O) groups is 1. The van der Waals surface area contributed by atoms with E-state index in [0.29, 0.717) is 23.9 Å². The molecule has 2 atom stereocenters. The van der Waals surface area contributed by atoms with Crippen molar-refractivity contribution in [3.05, 3.63) is 0 Å². The lowest BCUT2D eigenvalue weighted by Gasteiger charge is -2.34. The van der Waals surface area contributed by atoms with Crippen LogP contribution in [-0.2, 0) is 4.79 Å². The Bertz CT molecular complexity index is 338. The van der Waals surface area contributed by atoms with Crippen LogP contribution in [0.3, 0.4) is 0 Å². The maximum absolute atomic E-state index is 12.7. The van der Waals surface area contributed by atoms with Gasteiger partial charge in [-0.25, -0.2) is 0 Å². The first-order valence-corrected chi connectivity index (χ1v) is 8.75. The number of likely N-dealkylation sites (tertiary alicyclic amines) is 2. The van der Waals surface area contributed by atoms with Crippen molar-refractivity contribution < 1.29 is 4.79 Å². The average molecular weight is 278 g/mol. The zero-order valence-electron chi connectivity index (χ0n) is 13.0. The molecule has 1 aliphatic carbocycles. The van der Waals surface area contributed by atoms with Gasteiger partial charge in [0.2, 0.25) is 5.91 Å². The molecule has 0 unspecified atom stereocenters. The molecule has 0 aromatic rings. The van der Waals surface area contributed by atoms with Crippen molar-refractivity contribution in [3.63, 3.8) is 0 Å². The molecular weight excluding hydrogens is 248 g/mol. The number of hydrogen-bond donors (Lipinski definition) is 0. The first-order valence-electron chi connectivity index (χ1n) is 8.75. The fraction of sp³-hybridized carbons (Fsp3) is 0.941. The molecule has 3 aliphatic rings. The van der Waals surface area contributed by atoms with E-state index in [-0.39, 0.29) is 0 Å². The molecule has 3 heteroatoms. The molecule has 2 aliphatic heterocycles. The van der Waals surface area contributed by atoms with E-state index in [0.717, 1.165) is 13.0 Å². The highest BCUT2D eigenvalue weighted by Gasteiger charge is 2.38. The minimum atomic E-state index is 0.458. The highest BCUT2D eigenvalue weighted by atomic mass is 16.2.